The summed E-state index contributed by atoms with van der Waals surface area (Å²) in [7, 11) is 0. The average Bonchev–Trinajstić information content (AvgIpc) is 2.55. The fourth-order valence-corrected chi connectivity index (χ4v) is 1.68. The van der Waals surface area contributed by atoms with Crippen molar-refractivity contribution < 1.29 is 9.59 Å². The number of carbonyl (C=O) groups is 2. The molecule has 0 aliphatic heterocycles. The first-order chi connectivity index (χ1) is 6.59. The van der Waals surface area contributed by atoms with Crippen molar-refractivity contribution in [2.24, 2.45) is 5.73 Å². The third kappa shape index (κ3) is 3.24. The summed E-state index contributed by atoms with van der Waals surface area (Å²) in [5.74, 6) is -0.157. The number of hydrogen-bond acceptors (Lipinski definition) is 2. The molecule has 1 fully saturated rings. The first-order valence-corrected chi connectivity index (χ1v) is 4.96. The Balaban J connectivity index is 2.29. The molecule has 14 heavy (non-hydrogen) atoms. The summed E-state index contributed by atoms with van der Waals surface area (Å²) < 4.78 is 0. The maximum Gasteiger partial charge on any atom is 0.312 e. The molecule has 5 nitrogen and oxygen atoms in total. The molecule has 0 heterocycles. The highest BCUT2D eigenvalue weighted by molar-refractivity contribution is 5.86. The molecule has 1 saturated carbocycles. The smallest absolute Gasteiger partial charge is 0.312 e. The Morgan fingerprint density at radius 1 is 1.36 bits per heavy atom. The maximum atomic E-state index is 11.5. The van der Waals surface area contributed by atoms with Crippen LogP contribution in [0.4, 0.5) is 4.79 Å². The van der Waals surface area contributed by atoms with E-state index in [0.717, 1.165) is 12.8 Å². The van der Waals surface area contributed by atoms with Gasteiger partial charge in [-0.25, -0.2) is 4.79 Å². The zero-order chi connectivity index (χ0) is 10.6. The Labute approximate surface area is 83.4 Å². The third-order valence-corrected chi connectivity index (χ3v) is 2.45. The highest BCUT2D eigenvalue weighted by Crippen LogP contribution is 2.17. The molecular formula is C9H17N3O2. The van der Waals surface area contributed by atoms with Crippen molar-refractivity contribution in [2.45, 2.75) is 44.7 Å². The van der Waals surface area contributed by atoms with Gasteiger partial charge in [-0.3, -0.25) is 4.79 Å². The molecule has 80 valence electrons. The van der Waals surface area contributed by atoms with Crippen molar-refractivity contribution >= 4 is 11.9 Å². The van der Waals surface area contributed by atoms with Crippen LogP contribution in [0.3, 0.4) is 0 Å². The molecule has 1 rings (SSSR count). The minimum atomic E-state index is -0.668. The van der Waals surface area contributed by atoms with Gasteiger partial charge in [0, 0.05) is 6.04 Å². The first kappa shape index (κ1) is 10.8. The lowest BCUT2D eigenvalue weighted by molar-refractivity contribution is -0.123. The summed E-state index contributed by atoms with van der Waals surface area (Å²) in [6, 6.07) is -0.938. The molecule has 0 aromatic heterocycles. The number of amides is 3. The molecule has 3 amide bonds. The van der Waals surface area contributed by atoms with Crippen LogP contribution in [0.5, 0.6) is 0 Å². The molecule has 0 saturated heterocycles. The van der Waals surface area contributed by atoms with Crippen molar-refractivity contribution in [3.8, 4) is 0 Å². The van der Waals surface area contributed by atoms with Gasteiger partial charge in [-0.15, -0.1) is 0 Å². The predicted molar refractivity (Wildman–Crippen MR) is 52.6 cm³/mol. The van der Waals surface area contributed by atoms with Gasteiger partial charge in [0.15, 0.2) is 0 Å². The van der Waals surface area contributed by atoms with Crippen molar-refractivity contribution in [3.05, 3.63) is 0 Å². The van der Waals surface area contributed by atoms with E-state index in [1.165, 1.54) is 12.8 Å². The number of carbonyl (C=O) groups excluding carboxylic acids is 2. The zero-order valence-electron chi connectivity index (χ0n) is 8.38. The highest BCUT2D eigenvalue weighted by Gasteiger charge is 2.20. The van der Waals surface area contributed by atoms with Gasteiger partial charge in [0.05, 0.1) is 0 Å². The number of rotatable bonds is 3. The van der Waals surface area contributed by atoms with Crippen molar-refractivity contribution in [3.63, 3.8) is 0 Å². The van der Waals surface area contributed by atoms with E-state index < -0.39 is 12.1 Å². The zero-order valence-corrected chi connectivity index (χ0v) is 8.38. The number of nitrogens with one attached hydrogen (secondary N) is 2. The molecule has 0 radical (unpaired) electrons. The van der Waals surface area contributed by atoms with E-state index in [9.17, 15) is 9.59 Å². The second-order valence-corrected chi connectivity index (χ2v) is 3.72. The van der Waals surface area contributed by atoms with Crippen LogP contribution in [-0.4, -0.2) is 24.0 Å². The maximum absolute atomic E-state index is 11.5. The van der Waals surface area contributed by atoms with Crippen LogP contribution in [0, 0.1) is 0 Å². The lowest BCUT2D eigenvalue weighted by Gasteiger charge is -2.16. The van der Waals surface area contributed by atoms with Gasteiger partial charge < -0.3 is 16.4 Å². The van der Waals surface area contributed by atoms with E-state index in [1.54, 1.807) is 6.92 Å². The first-order valence-electron chi connectivity index (χ1n) is 4.96. The second kappa shape index (κ2) is 4.83. The lowest BCUT2D eigenvalue weighted by atomic mass is 10.2. The molecular weight excluding hydrogens is 182 g/mol. The number of urea groups is 1. The summed E-state index contributed by atoms with van der Waals surface area (Å²) in [4.78, 5) is 21.9. The van der Waals surface area contributed by atoms with E-state index in [1.807, 2.05) is 0 Å². The summed E-state index contributed by atoms with van der Waals surface area (Å²) in [5, 5.41) is 5.22. The van der Waals surface area contributed by atoms with Crippen LogP contribution in [0.2, 0.25) is 0 Å². The standard InChI is InChI=1S/C9H17N3O2/c1-6(11-9(10)14)8(13)12-7-4-2-3-5-7/h6-7H,2-5H2,1H3,(H,12,13)(H3,10,11,14)/t6-/m1/s1. The van der Waals surface area contributed by atoms with E-state index in [0.29, 0.717) is 0 Å². The average molecular weight is 199 g/mol. The summed E-state index contributed by atoms with van der Waals surface area (Å²) in [5.41, 5.74) is 4.91. The quantitative estimate of drug-likeness (QED) is 0.602. The fraction of sp³-hybridized carbons (Fsp3) is 0.778. The van der Waals surface area contributed by atoms with Gasteiger partial charge in [-0.2, -0.15) is 0 Å². The van der Waals surface area contributed by atoms with Gasteiger partial charge in [-0.05, 0) is 19.8 Å². The van der Waals surface area contributed by atoms with Crippen LogP contribution < -0.4 is 16.4 Å². The van der Waals surface area contributed by atoms with E-state index in [-0.39, 0.29) is 11.9 Å². The van der Waals surface area contributed by atoms with Crippen molar-refractivity contribution in [2.75, 3.05) is 0 Å². The topological polar surface area (TPSA) is 84.2 Å². The van der Waals surface area contributed by atoms with Gasteiger partial charge in [-0.1, -0.05) is 12.8 Å². The monoisotopic (exact) mass is 199 g/mol. The van der Waals surface area contributed by atoms with Gasteiger partial charge in [0.25, 0.3) is 0 Å². The molecule has 4 N–H and O–H groups in total. The molecule has 1 aliphatic rings. The Morgan fingerprint density at radius 3 is 2.43 bits per heavy atom. The summed E-state index contributed by atoms with van der Waals surface area (Å²) in [6.07, 6.45) is 4.41. The fourth-order valence-electron chi connectivity index (χ4n) is 1.68. The molecule has 1 aliphatic carbocycles. The normalized spacial score (nSPS) is 18.9. The Hall–Kier alpha value is -1.26. The summed E-state index contributed by atoms with van der Waals surface area (Å²) in [6.45, 7) is 1.62. The highest BCUT2D eigenvalue weighted by atomic mass is 16.2. The molecule has 5 heteroatoms. The van der Waals surface area contributed by atoms with E-state index in [2.05, 4.69) is 10.6 Å². The number of primary amides is 1. The van der Waals surface area contributed by atoms with Crippen LogP contribution in [-0.2, 0) is 4.79 Å². The predicted octanol–water partition coefficient (Wildman–Crippen LogP) is 0.102. The minimum absolute atomic E-state index is 0.157. The second-order valence-electron chi connectivity index (χ2n) is 3.72. The van der Waals surface area contributed by atoms with Gasteiger partial charge >= 0.3 is 6.03 Å². The lowest BCUT2D eigenvalue weighted by Crippen LogP contribution is -2.48. The van der Waals surface area contributed by atoms with E-state index >= 15 is 0 Å². The Morgan fingerprint density at radius 2 is 1.93 bits per heavy atom. The molecule has 1 atom stereocenters. The van der Waals surface area contributed by atoms with Crippen molar-refractivity contribution in [1.29, 1.82) is 0 Å². The SMILES string of the molecule is C[C@@H](NC(N)=O)C(=O)NC1CCCC1. The Bertz CT molecular complexity index is 224. The van der Waals surface area contributed by atoms with Crippen LogP contribution in [0.1, 0.15) is 32.6 Å². The van der Waals surface area contributed by atoms with Crippen LogP contribution >= 0.6 is 0 Å². The van der Waals surface area contributed by atoms with E-state index in [4.69, 9.17) is 5.73 Å². The summed E-state index contributed by atoms with van der Waals surface area (Å²) >= 11 is 0. The van der Waals surface area contributed by atoms with Gasteiger partial charge in [0.1, 0.15) is 6.04 Å². The van der Waals surface area contributed by atoms with Gasteiger partial charge in [0.2, 0.25) is 5.91 Å². The molecule has 0 aromatic carbocycles. The number of hydrogen-bond donors (Lipinski definition) is 3. The molecule has 0 spiro atoms. The van der Waals surface area contributed by atoms with Crippen LogP contribution in [0.25, 0.3) is 0 Å². The molecule has 0 aromatic rings. The minimum Gasteiger partial charge on any atom is -0.352 e. The molecule has 0 bridgehead atoms. The van der Waals surface area contributed by atoms with Crippen molar-refractivity contribution in [1.82, 2.24) is 10.6 Å². The molecule has 0 unspecified atom stereocenters. The largest absolute Gasteiger partial charge is 0.352 e. The third-order valence-electron chi connectivity index (χ3n) is 2.45. The Kier molecular flexibility index (Phi) is 3.73. The van der Waals surface area contributed by atoms with Crippen LogP contribution in [0.15, 0.2) is 0 Å². The number of nitrogens with two attached hydrogens (primary N) is 1.